The standard InChI is InChI=1S/C21H24N4O4/c1-14-20(26)24-18-10-16(6-7-19(18)29-14)23-21(27)25(13-17-5-3-9-28-17)12-15-4-2-8-22-11-15/h2,4,6-8,10-11,14,17H,3,5,9,12-13H2,1H3,(H,23,27)(H,24,26)/t14-,17-/m0/s1. The minimum atomic E-state index is -0.538. The van der Waals surface area contributed by atoms with E-state index in [-0.39, 0.29) is 18.0 Å². The minimum Gasteiger partial charge on any atom is -0.479 e. The fraction of sp³-hybridized carbons (Fsp3) is 0.381. The molecular formula is C21H24N4O4. The molecule has 1 saturated heterocycles. The summed E-state index contributed by atoms with van der Waals surface area (Å²) in [6, 6.07) is 8.76. The van der Waals surface area contributed by atoms with Gasteiger partial charge in [0.15, 0.2) is 6.10 Å². The third-order valence-electron chi connectivity index (χ3n) is 4.99. The van der Waals surface area contributed by atoms with E-state index in [4.69, 9.17) is 9.47 Å². The third kappa shape index (κ3) is 4.65. The van der Waals surface area contributed by atoms with Crippen LogP contribution in [0.2, 0.25) is 0 Å². The summed E-state index contributed by atoms with van der Waals surface area (Å²) in [7, 11) is 0. The monoisotopic (exact) mass is 396 g/mol. The van der Waals surface area contributed by atoms with Gasteiger partial charge in [0.05, 0.1) is 11.8 Å². The molecule has 8 nitrogen and oxygen atoms in total. The fourth-order valence-corrected chi connectivity index (χ4v) is 3.45. The van der Waals surface area contributed by atoms with Gasteiger partial charge in [-0.1, -0.05) is 6.07 Å². The molecule has 0 saturated carbocycles. The van der Waals surface area contributed by atoms with E-state index in [1.54, 1.807) is 42.4 Å². The Balaban J connectivity index is 1.48. The van der Waals surface area contributed by atoms with Gasteiger partial charge in [0.2, 0.25) is 0 Å². The maximum atomic E-state index is 13.0. The highest BCUT2D eigenvalue weighted by Crippen LogP contribution is 2.32. The van der Waals surface area contributed by atoms with Crippen molar-refractivity contribution < 1.29 is 19.1 Å². The number of ether oxygens (including phenoxy) is 2. The normalized spacial score (nSPS) is 20.4. The lowest BCUT2D eigenvalue weighted by atomic mass is 10.2. The summed E-state index contributed by atoms with van der Waals surface area (Å²) in [5, 5.41) is 5.71. The Bertz CT molecular complexity index is 884. The van der Waals surface area contributed by atoms with E-state index >= 15 is 0 Å². The van der Waals surface area contributed by atoms with Gasteiger partial charge < -0.3 is 25.0 Å². The first kappa shape index (κ1) is 19.2. The number of carbonyl (C=O) groups is 2. The summed E-state index contributed by atoms with van der Waals surface area (Å²) < 4.78 is 11.3. The lowest BCUT2D eigenvalue weighted by Crippen LogP contribution is -2.39. The molecule has 3 amide bonds. The molecule has 8 heteroatoms. The molecule has 0 radical (unpaired) electrons. The number of anilines is 2. The number of rotatable bonds is 5. The molecular weight excluding hydrogens is 372 g/mol. The zero-order valence-electron chi connectivity index (χ0n) is 16.3. The van der Waals surface area contributed by atoms with Crippen LogP contribution < -0.4 is 15.4 Å². The average molecular weight is 396 g/mol. The minimum absolute atomic E-state index is 0.0372. The highest BCUT2D eigenvalue weighted by molar-refractivity contribution is 5.99. The van der Waals surface area contributed by atoms with Crippen LogP contribution in [0.15, 0.2) is 42.7 Å². The Hall–Kier alpha value is -3.13. The lowest BCUT2D eigenvalue weighted by Gasteiger charge is -2.27. The van der Waals surface area contributed by atoms with Crippen LogP contribution in [-0.4, -0.2) is 47.2 Å². The Morgan fingerprint density at radius 2 is 2.28 bits per heavy atom. The number of carbonyl (C=O) groups excluding carboxylic acids is 2. The maximum absolute atomic E-state index is 13.0. The van der Waals surface area contributed by atoms with Crippen molar-refractivity contribution in [2.75, 3.05) is 23.8 Å². The van der Waals surface area contributed by atoms with Crippen LogP contribution in [-0.2, 0) is 16.1 Å². The molecule has 0 unspecified atom stereocenters. The summed E-state index contributed by atoms with van der Waals surface area (Å²) >= 11 is 0. The van der Waals surface area contributed by atoms with Crippen LogP contribution in [0.3, 0.4) is 0 Å². The van der Waals surface area contributed by atoms with E-state index < -0.39 is 6.10 Å². The molecule has 3 heterocycles. The van der Waals surface area contributed by atoms with Gasteiger partial charge in [-0.05, 0) is 49.6 Å². The van der Waals surface area contributed by atoms with Crippen LogP contribution >= 0.6 is 0 Å². The van der Waals surface area contributed by atoms with E-state index in [1.807, 2.05) is 12.1 Å². The number of pyridine rings is 1. The molecule has 2 aliphatic heterocycles. The SMILES string of the molecule is C[C@@H]1Oc2ccc(NC(=O)N(Cc3cccnc3)C[C@@H]3CCCO3)cc2NC1=O. The predicted octanol–water partition coefficient (Wildman–Crippen LogP) is 3.01. The third-order valence-corrected chi connectivity index (χ3v) is 4.99. The molecule has 2 aliphatic rings. The Labute approximate surface area is 169 Å². The number of nitrogens with zero attached hydrogens (tertiary/aromatic N) is 2. The van der Waals surface area contributed by atoms with Gasteiger partial charge in [-0.3, -0.25) is 9.78 Å². The highest BCUT2D eigenvalue weighted by Gasteiger charge is 2.25. The Morgan fingerprint density at radius 1 is 1.38 bits per heavy atom. The van der Waals surface area contributed by atoms with Gasteiger partial charge in [0.1, 0.15) is 5.75 Å². The summed E-state index contributed by atoms with van der Waals surface area (Å²) in [5.74, 6) is 0.374. The fourth-order valence-electron chi connectivity index (χ4n) is 3.45. The van der Waals surface area contributed by atoms with Crippen LogP contribution in [0.25, 0.3) is 0 Å². The molecule has 0 bridgehead atoms. The van der Waals surface area contributed by atoms with Crippen molar-refractivity contribution in [3.05, 3.63) is 48.3 Å². The molecule has 4 rings (SSSR count). The van der Waals surface area contributed by atoms with Crippen LogP contribution in [0.5, 0.6) is 5.75 Å². The number of fused-ring (bicyclic) bond motifs is 1. The van der Waals surface area contributed by atoms with E-state index in [2.05, 4.69) is 15.6 Å². The number of amides is 3. The van der Waals surface area contributed by atoms with Crippen molar-refractivity contribution in [1.82, 2.24) is 9.88 Å². The topological polar surface area (TPSA) is 92.8 Å². The van der Waals surface area contributed by atoms with Crippen LogP contribution in [0.4, 0.5) is 16.2 Å². The van der Waals surface area contributed by atoms with Crippen molar-refractivity contribution in [2.24, 2.45) is 0 Å². The zero-order valence-corrected chi connectivity index (χ0v) is 16.3. The van der Waals surface area contributed by atoms with E-state index in [9.17, 15) is 9.59 Å². The number of aromatic nitrogens is 1. The van der Waals surface area contributed by atoms with Gasteiger partial charge >= 0.3 is 6.03 Å². The first-order valence-electron chi connectivity index (χ1n) is 9.76. The van der Waals surface area contributed by atoms with Crippen molar-refractivity contribution in [3.8, 4) is 5.75 Å². The van der Waals surface area contributed by atoms with Crippen molar-refractivity contribution in [1.29, 1.82) is 0 Å². The summed E-state index contributed by atoms with van der Waals surface area (Å²) in [5.41, 5.74) is 2.07. The molecule has 1 aromatic carbocycles. The predicted molar refractivity (Wildman–Crippen MR) is 108 cm³/mol. The first-order valence-corrected chi connectivity index (χ1v) is 9.76. The number of benzene rings is 1. The summed E-state index contributed by atoms with van der Waals surface area (Å²) in [6.45, 7) is 3.36. The summed E-state index contributed by atoms with van der Waals surface area (Å²) in [4.78, 5) is 30.7. The first-order chi connectivity index (χ1) is 14.1. The number of hydrogen-bond acceptors (Lipinski definition) is 5. The molecule has 2 aromatic rings. The van der Waals surface area contributed by atoms with Crippen molar-refractivity contribution in [3.63, 3.8) is 0 Å². The molecule has 0 aliphatic carbocycles. The number of hydrogen-bond donors (Lipinski definition) is 2. The van der Waals surface area contributed by atoms with Crippen LogP contribution in [0.1, 0.15) is 25.3 Å². The Morgan fingerprint density at radius 3 is 3.03 bits per heavy atom. The quantitative estimate of drug-likeness (QED) is 0.810. The van der Waals surface area contributed by atoms with E-state index in [0.29, 0.717) is 30.2 Å². The second-order valence-electron chi connectivity index (χ2n) is 7.27. The van der Waals surface area contributed by atoms with Gasteiger partial charge in [-0.2, -0.15) is 0 Å². The van der Waals surface area contributed by atoms with Gasteiger partial charge in [-0.15, -0.1) is 0 Å². The highest BCUT2D eigenvalue weighted by atomic mass is 16.5. The smallest absolute Gasteiger partial charge is 0.322 e. The zero-order chi connectivity index (χ0) is 20.2. The van der Waals surface area contributed by atoms with E-state index in [1.165, 1.54) is 0 Å². The van der Waals surface area contributed by atoms with Crippen LogP contribution in [0, 0.1) is 0 Å². The van der Waals surface area contributed by atoms with Crippen molar-refractivity contribution in [2.45, 2.75) is 38.5 Å². The molecule has 0 spiro atoms. The summed E-state index contributed by atoms with van der Waals surface area (Å²) in [6.07, 6.45) is 4.91. The number of nitrogens with one attached hydrogen (secondary N) is 2. The molecule has 152 valence electrons. The second kappa shape index (κ2) is 8.48. The molecule has 2 N–H and O–H groups in total. The number of urea groups is 1. The van der Waals surface area contributed by atoms with Gasteiger partial charge in [0, 0.05) is 37.8 Å². The largest absolute Gasteiger partial charge is 0.479 e. The maximum Gasteiger partial charge on any atom is 0.322 e. The molecule has 29 heavy (non-hydrogen) atoms. The van der Waals surface area contributed by atoms with Crippen molar-refractivity contribution >= 4 is 23.3 Å². The average Bonchev–Trinajstić information content (AvgIpc) is 3.22. The lowest BCUT2D eigenvalue weighted by molar-refractivity contribution is -0.122. The molecule has 1 aromatic heterocycles. The van der Waals surface area contributed by atoms with Gasteiger partial charge in [0.25, 0.3) is 5.91 Å². The molecule has 1 fully saturated rings. The van der Waals surface area contributed by atoms with E-state index in [0.717, 1.165) is 25.0 Å². The van der Waals surface area contributed by atoms with Gasteiger partial charge in [-0.25, -0.2) is 4.79 Å². The molecule has 2 atom stereocenters. The Kier molecular flexibility index (Phi) is 5.62. The second-order valence-corrected chi connectivity index (χ2v) is 7.27.